The van der Waals surface area contributed by atoms with Crippen LogP contribution in [0.25, 0.3) is 10.9 Å². The van der Waals surface area contributed by atoms with Gasteiger partial charge in [0.25, 0.3) is 5.91 Å². The molecule has 4 aromatic rings. The fourth-order valence-corrected chi connectivity index (χ4v) is 3.63. The van der Waals surface area contributed by atoms with Gasteiger partial charge in [-0.15, -0.1) is 11.6 Å². The summed E-state index contributed by atoms with van der Waals surface area (Å²) in [5, 5.41) is 6.49. The minimum atomic E-state index is -0.314. The smallest absolute Gasteiger partial charge is 0.257 e. The van der Waals surface area contributed by atoms with Gasteiger partial charge in [0.05, 0.1) is 25.1 Å². The number of halogens is 1. The van der Waals surface area contributed by atoms with E-state index >= 15 is 0 Å². The molecule has 1 aromatic heterocycles. The number of carbonyl (C=O) groups excluding carboxylic acids is 1. The van der Waals surface area contributed by atoms with Crippen LogP contribution >= 0.6 is 23.8 Å². The highest BCUT2D eigenvalue weighted by Crippen LogP contribution is 2.35. The number of methoxy groups -OCH3 is 2. The third kappa shape index (κ3) is 5.76. The second-order valence-corrected chi connectivity index (χ2v) is 7.94. The number of benzene rings is 3. The van der Waals surface area contributed by atoms with Gasteiger partial charge in [0.2, 0.25) is 5.88 Å². The number of aromatic nitrogens is 2. The van der Waals surface area contributed by atoms with Crippen molar-refractivity contribution >= 4 is 51.4 Å². The van der Waals surface area contributed by atoms with E-state index in [9.17, 15) is 4.79 Å². The zero-order valence-electron chi connectivity index (χ0n) is 18.9. The topological polar surface area (TPSA) is 94.6 Å². The van der Waals surface area contributed by atoms with Crippen molar-refractivity contribution in [2.24, 2.45) is 0 Å². The minimum absolute atomic E-state index is 0.174. The van der Waals surface area contributed by atoms with E-state index in [1.165, 1.54) is 6.33 Å². The van der Waals surface area contributed by atoms with Crippen LogP contribution in [0.15, 0.2) is 67.0 Å². The standard InChI is InChI=1S/C25H21ClN4O4S/c1-32-21-11-19-20(12-22(21)33-2)27-14-28-24(19)34-18-9-7-17(8-10-18)29-25(35)30-23(31)16-5-3-15(13-26)4-6-16/h3-12,14H,13H2,1-2H3,(H2,29,30,31,35). The van der Waals surface area contributed by atoms with Gasteiger partial charge >= 0.3 is 0 Å². The van der Waals surface area contributed by atoms with Crippen LogP contribution in [0, 0.1) is 0 Å². The van der Waals surface area contributed by atoms with E-state index < -0.39 is 0 Å². The molecule has 0 spiro atoms. The quantitative estimate of drug-likeness (QED) is 0.256. The van der Waals surface area contributed by atoms with Crippen molar-refractivity contribution in [1.82, 2.24) is 15.3 Å². The number of carbonyl (C=O) groups is 1. The summed E-state index contributed by atoms with van der Waals surface area (Å²) in [7, 11) is 3.12. The lowest BCUT2D eigenvalue weighted by atomic mass is 10.1. The zero-order chi connectivity index (χ0) is 24.8. The van der Waals surface area contributed by atoms with Gasteiger partial charge < -0.3 is 19.5 Å². The Labute approximate surface area is 212 Å². The molecule has 10 heteroatoms. The number of nitrogens with zero attached hydrogens (tertiary/aromatic N) is 2. The lowest BCUT2D eigenvalue weighted by molar-refractivity contribution is 0.0977. The van der Waals surface area contributed by atoms with Crippen molar-refractivity contribution < 1.29 is 19.0 Å². The molecule has 0 unspecified atom stereocenters. The first kappa shape index (κ1) is 24.2. The van der Waals surface area contributed by atoms with Crippen molar-refractivity contribution in [2.75, 3.05) is 19.5 Å². The molecule has 3 aromatic carbocycles. The van der Waals surface area contributed by atoms with Crippen molar-refractivity contribution in [3.8, 4) is 23.1 Å². The van der Waals surface area contributed by atoms with Gasteiger partial charge in [-0.05, 0) is 60.2 Å². The molecule has 0 atom stereocenters. The lowest BCUT2D eigenvalue weighted by Gasteiger charge is -2.12. The van der Waals surface area contributed by atoms with E-state index in [4.69, 9.17) is 38.0 Å². The first-order valence-corrected chi connectivity index (χ1v) is 11.4. The molecule has 0 bridgehead atoms. The van der Waals surface area contributed by atoms with Crippen LogP contribution in [0.3, 0.4) is 0 Å². The van der Waals surface area contributed by atoms with Crippen LogP contribution in [0.4, 0.5) is 5.69 Å². The molecular formula is C25H21ClN4O4S. The number of nitrogens with one attached hydrogen (secondary N) is 2. The van der Waals surface area contributed by atoms with E-state index in [1.54, 1.807) is 74.9 Å². The molecule has 8 nitrogen and oxygen atoms in total. The van der Waals surface area contributed by atoms with Crippen molar-refractivity contribution in [3.63, 3.8) is 0 Å². The van der Waals surface area contributed by atoms with E-state index in [2.05, 4.69) is 20.6 Å². The molecule has 0 aliphatic rings. The number of hydrogen-bond donors (Lipinski definition) is 2. The van der Waals surface area contributed by atoms with Gasteiger partial charge in [-0.3, -0.25) is 10.1 Å². The molecule has 1 amide bonds. The normalized spacial score (nSPS) is 10.5. The van der Waals surface area contributed by atoms with Crippen LogP contribution in [0.5, 0.6) is 23.1 Å². The van der Waals surface area contributed by atoms with Crippen molar-refractivity contribution in [2.45, 2.75) is 5.88 Å². The van der Waals surface area contributed by atoms with E-state index in [1.807, 2.05) is 0 Å². The fraction of sp³-hybridized carbons (Fsp3) is 0.120. The fourth-order valence-electron chi connectivity index (χ4n) is 3.24. The molecule has 2 N–H and O–H groups in total. The van der Waals surface area contributed by atoms with Gasteiger partial charge in [-0.2, -0.15) is 0 Å². The maximum absolute atomic E-state index is 12.4. The van der Waals surface area contributed by atoms with E-state index in [0.717, 1.165) is 5.56 Å². The predicted molar refractivity (Wildman–Crippen MR) is 139 cm³/mol. The van der Waals surface area contributed by atoms with Gasteiger partial charge in [0, 0.05) is 23.2 Å². The Bertz CT molecular complexity index is 1360. The second kappa shape index (κ2) is 11.0. The minimum Gasteiger partial charge on any atom is -0.493 e. The number of anilines is 1. The average molecular weight is 509 g/mol. The SMILES string of the molecule is COc1cc2ncnc(Oc3ccc(NC(=S)NC(=O)c4ccc(CCl)cc4)cc3)c2cc1OC. The molecule has 0 aliphatic carbocycles. The number of ether oxygens (including phenoxy) is 3. The first-order chi connectivity index (χ1) is 17.0. The number of amides is 1. The summed E-state index contributed by atoms with van der Waals surface area (Å²) in [5.74, 6) is 2.11. The average Bonchev–Trinajstić information content (AvgIpc) is 2.89. The monoisotopic (exact) mass is 508 g/mol. The summed E-state index contributed by atoms with van der Waals surface area (Å²) >= 11 is 11.0. The molecule has 1 heterocycles. The van der Waals surface area contributed by atoms with Crippen LogP contribution < -0.4 is 24.8 Å². The number of thiocarbonyl (C=S) groups is 1. The molecule has 35 heavy (non-hydrogen) atoms. The van der Waals surface area contributed by atoms with Crippen LogP contribution in [-0.4, -0.2) is 35.2 Å². The summed E-state index contributed by atoms with van der Waals surface area (Å²) in [6.07, 6.45) is 1.42. The maximum atomic E-state index is 12.4. The molecule has 0 radical (unpaired) electrons. The molecule has 4 rings (SSSR count). The number of rotatable bonds is 7. The number of hydrogen-bond acceptors (Lipinski definition) is 7. The first-order valence-electron chi connectivity index (χ1n) is 10.4. The van der Waals surface area contributed by atoms with E-state index in [-0.39, 0.29) is 11.0 Å². The summed E-state index contributed by atoms with van der Waals surface area (Å²) in [6.45, 7) is 0. The molecule has 0 saturated carbocycles. The van der Waals surface area contributed by atoms with Gasteiger partial charge in [0.15, 0.2) is 16.6 Å². The Hall–Kier alpha value is -3.95. The highest BCUT2D eigenvalue weighted by molar-refractivity contribution is 7.80. The molecule has 178 valence electrons. The number of fused-ring (bicyclic) bond motifs is 1. The lowest BCUT2D eigenvalue weighted by Crippen LogP contribution is -2.34. The summed E-state index contributed by atoms with van der Waals surface area (Å²) < 4.78 is 16.7. The maximum Gasteiger partial charge on any atom is 0.257 e. The van der Waals surface area contributed by atoms with Gasteiger partial charge in [-0.25, -0.2) is 9.97 Å². The molecule has 0 fully saturated rings. The summed E-state index contributed by atoms with van der Waals surface area (Å²) in [6, 6.07) is 17.6. The Balaban J connectivity index is 1.42. The Kier molecular flexibility index (Phi) is 7.59. The Morgan fingerprint density at radius 2 is 1.66 bits per heavy atom. The Morgan fingerprint density at radius 3 is 2.31 bits per heavy atom. The van der Waals surface area contributed by atoms with Crippen LogP contribution in [0.1, 0.15) is 15.9 Å². The second-order valence-electron chi connectivity index (χ2n) is 7.27. The van der Waals surface area contributed by atoms with Gasteiger partial charge in [-0.1, -0.05) is 12.1 Å². The molecule has 0 saturated heterocycles. The van der Waals surface area contributed by atoms with Gasteiger partial charge in [0.1, 0.15) is 12.1 Å². The largest absolute Gasteiger partial charge is 0.493 e. The Morgan fingerprint density at radius 1 is 0.971 bits per heavy atom. The van der Waals surface area contributed by atoms with Crippen molar-refractivity contribution in [3.05, 3.63) is 78.1 Å². The summed E-state index contributed by atoms with van der Waals surface area (Å²) in [4.78, 5) is 20.9. The number of alkyl halides is 1. The molecule has 0 aliphatic heterocycles. The summed E-state index contributed by atoms with van der Waals surface area (Å²) in [5.41, 5.74) is 2.75. The predicted octanol–water partition coefficient (Wildman–Crippen LogP) is 5.30. The molecular weight excluding hydrogens is 488 g/mol. The highest BCUT2D eigenvalue weighted by Gasteiger charge is 2.13. The van der Waals surface area contributed by atoms with Crippen LogP contribution in [-0.2, 0) is 5.88 Å². The van der Waals surface area contributed by atoms with Crippen molar-refractivity contribution in [1.29, 1.82) is 0 Å². The third-order valence-corrected chi connectivity index (χ3v) is 5.54. The highest BCUT2D eigenvalue weighted by atomic mass is 35.5. The third-order valence-electron chi connectivity index (χ3n) is 5.03. The zero-order valence-corrected chi connectivity index (χ0v) is 20.4. The van der Waals surface area contributed by atoms with Crippen LogP contribution in [0.2, 0.25) is 0 Å². The van der Waals surface area contributed by atoms with E-state index in [0.29, 0.717) is 51.2 Å².